The second-order valence-corrected chi connectivity index (χ2v) is 12.6. The minimum atomic E-state index is -1.68. The average Bonchev–Trinajstić information content (AvgIpc) is 3.39. The number of ether oxygens (including phenoxy) is 1. The van der Waals surface area contributed by atoms with Crippen LogP contribution in [-0.2, 0) is 4.74 Å². The van der Waals surface area contributed by atoms with Crippen molar-refractivity contribution in [3.8, 4) is 0 Å². The SMILES string of the molecule is CN(C)C1CC23CCC4(O2)C2CC=C(c5ccc6cc(=O)[nH]cc6c5)C2(C)CCC4(F)C=C3C(O)C1O. The van der Waals surface area contributed by atoms with Crippen molar-refractivity contribution in [2.24, 2.45) is 11.3 Å². The number of nitrogens with one attached hydrogen (secondary N) is 1. The van der Waals surface area contributed by atoms with Crippen LogP contribution >= 0.6 is 0 Å². The molecule has 1 aromatic heterocycles. The normalized spacial score (nSPS) is 44.3. The molecule has 2 saturated carbocycles. The zero-order valence-electron chi connectivity index (χ0n) is 21.6. The van der Waals surface area contributed by atoms with Gasteiger partial charge >= 0.3 is 0 Å². The number of H-pyrrole nitrogens is 1. The van der Waals surface area contributed by atoms with Crippen LogP contribution in [0.1, 0.15) is 51.0 Å². The molecule has 37 heavy (non-hydrogen) atoms. The first-order chi connectivity index (χ1) is 17.5. The summed E-state index contributed by atoms with van der Waals surface area (Å²) in [6.45, 7) is 2.26. The minimum absolute atomic E-state index is 0.0287. The van der Waals surface area contributed by atoms with E-state index in [1.807, 2.05) is 25.1 Å². The highest BCUT2D eigenvalue weighted by Gasteiger charge is 2.74. The Morgan fingerprint density at radius 3 is 2.70 bits per heavy atom. The molecule has 3 N–H and O–H groups in total. The fourth-order valence-electron chi connectivity index (χ4n) is 8.76. The lowest BCUT2D eigenvalue weighted by Crippen LogP contribution is -2.68. The molecule has 8 unspecified atom stereocenters. The van der Waals surface area contributed by atoms with Gasteiger partial charge in [0, 0.05) is 24.2 Å². The predicted molar refractivity (Wildman–Crippen MR) is 140 cm³/mol. The van der Waals surface area contributed by atoms with E-state index >= 15 is 4.39 Å². The summed E-state index contributed by atoms with van der Waals surface area (Å²) in [5, 5.41) is 23.8. The van der Waals surface area contributed by atoms with E-state index in [0.29, 0.717) is 37.7 Å². The zero-order chi connectivity index (χ0) is 26.0. The van der Waals surface area contributed by atoms with E-state index in [9.17, 15) is 15.0 Å². The zero-order valence-corrected chi connectivity index (χ0v) is 21.6. The van der Waals surface area contributed by atoms with E-state index in [4.69, 9.17) is 4.74 Å². The van der Waals surface area contributed by atoms with Gasteiger partial charge in [0.15, 0.2) is 5.67 Å². The Kier molecular flexibility index (Phi) is 4.76. The molecule has 2 bridgehead atoms. The maximum absolute atomic E-state index is 17.1. The molecule has 5 aliphatic rings. The number of pyridine rings is 1. The number of aliphatic hydroxyl groups is 2. The second-order valence-electron chi connectivity index (χ2n) is 12.6. The number of fused-ring (bicyclic) bond motifs is 2. The Hall–Kier alpha value is -2.32. The maximum Gasteiger partial charge on any atom is 0.248 e. The molecule has 3 heterocycles. The van der Waals surface area contributed by atoms with Crippen molar-refractivity contribution in [3.63, 3.8) is 0 Å². The topological polar surface area (TPSA) is 85.8 Å². The number of hydrogen-bond donors (Lipinski definition) is 3. The van der Waals surface area contributed by atoms with E-state index in [0.717, 1.165) is 22.8 Å². The van der Waals surface area contributed by atoms with Crippen LogP contribution in [0.4, 0.5) is 4.39 Å². The predicted octanol–water partition coefficient (Wildman–Crippen LogP) is 3.72. The first-order valence-electron chi connectivity index (χ1n) is 13.5. The Morgan fingerprint density at radius 2 is 1.92 bits per heavy atom. The fraction of sp³-hybridized carbons (Fsp3) is 0.567. The van der Waals surface area contributed by atoms with Gasteiger partial charge in [0.25, 0.3) is 0 Å². The standard InChI is InChI=1S/C30H35FN2O4/c1-27-8-10-29(31)14-21-25(35)26(36)22(33(2)3)15-28(21)9-11-30(29,37-28)23(27)7-6-20(27)18-5-4-17-13-24(34)32-16-19(17)12-18/h4-6,12-14,16,22-23,25-26,35-36H,7-11,15H2,1-3H3,(H,32,34). The molecule has 196 valence electrons. The van der Waals surface area contributed by atoms with Gasteiger partial charge in [-0.2, -0.15) is 0 Å². The lowest BCUT2D eigenvalue weighted by atomic mass is 9.53. The van der Waals surface area contributed by atoms with Crippen molar-refractivity contribution in [1.82, 2.24) is 9.88 Å². The largest absolute Gasteiger partial charge is 0.388 e. The van der Waals surface area contributed by atoms with Crippen molar-refractivity contribution in [2.45, 2.75) is 80.6 Å². The van der Waals surface area contributed by atoms with Gasteiger partial charge in [-0.25, -0.2) is 4.39 Å². The number of benzene rings is 1. The van der Waals surface area contributed by atoms with Crippen molar-refractivity contribution >= 4 is 16.3 Å². The first kappa shape index (κ1) is 23.8. The summed E-state index contributed by atoms with van der Waals surface area (Å²) >= 11 is 0. The Labute approximate surface area is 215 Å². The molecule has 7 heteroatoms. The summed E-state index contributed by atoms with van der Waals surface area (Å²) in [5.41, 5.74) is -0.858. The molecule has 1 saturated heterocycles. The molecule has 2 spiro atoms. The quantitative estimate of drug-likeness (QED) is 0.541. The maximum atomic E-state index is 17.1. The minimum Gasteiger partial charge on any atom is -0.388 e. The molecule has 0 radical (unpaired) electrons. The van der Waals surface area contributed by atoms with E-state index in [-0.39, 0.29) is 22.9 Å². The lowest BCUT2D eigenvalue weighted by Gasteiger charge is -2.60. The van der Waals surface area contributed by atoms with Gasteiger partial charge in [-0.1, -0.05) is 25.1 Å². The highest BCUT2D eigenvalue weighted by Crippen LogP contribution is 2.71. The first-order valence-corrected chi connectivity index (χ1v) is 13.5. The molecule has 2 aliphatic heterocycles. The summed E-state index contributed by atoms with van der Waals surface area (Å²) in [6.07, 6.45) is 7.14. The van der Waals surface area contributed by atoms with Crippen molar-refractivity contribution in [2.75, 3.05) is 14.1 Å². The molecule has 6 nitrogen and oxygen atoms in total. The number of alkyl halides is 1. The highest BCUT2D eigenvalue weighted by atomic mass is 19.1. The summed E-state index contributed by atoms with van der Waals surface area (Å²) in [5.74, 6) is -0.0287. The summed E-state index contributed by atoms with van der Waals surface area (Å²) in [4.78, 5) is 16.5. The Bertz CT molecular complexity index is 1430. The third-order valence-corrected chi connectivity index (χ3v) is 10.7. The fourth-order valence-corrected chi connectivity index (χ4v) is 8.76. The van der Waals surface area contributed by atoms with Gasteiger partial charge in [-0.05, 0) is 97.7 Å². The van der Waals surface area contributed by atoms with Crippen LogP contribution < -0.4 is 5.56 Å². The highest BCUT2D eigenvalue weighted by molar-refractivity contribution is 5.87. The number of allylic oxidation sites excluding steroid dienone is 2. The molecule has 3 aliphatic carbocycles. The van der Waals surface area contributed by atoms with Gasteiger partial charge in [0.1, 0.15) is 11.7 Å². The van der Waals surface area contributed by atoms with Crippen LogP contribution in [0, 0.1) is 11.3 Å². The monoisotopic (exact) mass is 506 g/mol. The van der Waals surface area contributed by atoms with Crippen molar-refractivity contribution in [3.05, 3.63) is 64.1 Å². The van der Waals surface area contributed by atoms with Crippen LogP contribution in [0.3, 0.4) is 0 Å². The summed E-state index contributed by atoms with van der Waals surface area (Å²) in [7, 11) is 3.81. The number of aromatic nitrogens is 1. The number of aromatic amines is 1. The summed E-state index contributed by atoms with van der Waals surface area (Å²) in [6, 6.07) is 7.54. The molecule has 1 aromatic carbocycles. The van der Waals surface area contributed by atoms with Gasteiger partial charge < -0.3 is 24.8 Å². The second kappa shape index (κ2) is 7.41. The molecule has 8 atom stereocenters. The van der Waals surface area contributed by atoms with Crippen LogP contribution in [0.5, 0.6) is 0 Å². The molecule has 0 amide bonds. The number of halogens is 1. The van der Waals surface area contributed by atoms with Crippen LogP contribution in [0.15, 0.2) is 53.0 Å². The Morgan fingerprint density at radius 1 is 1.11 bits per heavy atom. The van der Waals surface area contributed by atoms with Crippen molar-refractivity contribution in [1.29, 1.82) is 0 Å². The van der Waals surface area contributed by atoms with E-state index in [1.54, 1.807) is 18.3 Å². The number of nitrogens with zero attached hydrogens (tertiary/aromatic N) is 1. The van der Waals surface area contributed by atoms with E-state index < -0.39 is 29.1 Å². The van der Waals surface area contributed by atoms with Crippen LogP contribution in [0.25, 0.3) is 16.3 Å². The van der Waals surface area contributed by atoms with E-state index in [1.165, 1.54) is 5.57 Å². The number of hydrogen-bond acceptors (Lipinski definition) is 5. The van der Waals surface area contributed by atoms with Gasteiger partial charge in [0.05, 0.1) is 11.7 Å². The van der Waals surface area contributed by atoms with Crippen LogP contribution in [-0.4, -0.2) is 69.3 Å². The lowest BCUT2D eigenvalue weighted by molar-refractivity contribution is -0.239. The molecular weight excluding hydrogens is 471 g/mol. The van der Waals surface area contributed by atoms with Crippen LogP contribution in [0.2, 0.25) is 0 Å². The number of likely N-dealkylation sites (N-methyl/N-ethyl adjacent to an activating group) is 1. The van der Waals surface area contributed by atoms with Gasteiger partial charge in [-0.15, -0.1) is 0 Å². The molecular formula is C30H35FN2O4. The smallest absolute Gasteiger partial charge is 0.248 e. The third-order valence-electron chi connectivity index (χ3n) is 10.7. The van der Waals surface area contributed by atoms with Gasteiger partial charge in [0.2, 0.25) is 5.56 Å². The van der Waals surface area contributed by atoms with Crippen molar-refractivity contribution < 1.29 is 19.3 Å². The molecule has 3 fully saturated rings. The Balaban J connectivity index is 1.29. The number of aliphatic hydroxyl groups excluding tert-OH is 2. The molecule has 7 rings (SSSR count). The average molecular weight is 507 g/mol. The third kappa shape index (κ3) is 2.92. The van der Waals surface area contributed by atoms with E-state index in [2.05, 4.69) is 30.1 Å². The van der Waals surface area contributed by atoms with Gasteiger partial charge in [-0.3, -0.25) is 4.79 Å². The summed E-state index contributed by atoms with van der Waals surface area (Å²) < 4.78 is 24.2. The number of rotatable bonds is 2. The molecule has 2 aromatic rings.